The largest absolute Gasteiger partial charge is 0.497 e. The second kappa shape index (κ2) is 4.63. The van der Waals surface area contributed by atoms with E-state index in [0.717, 1.165) is 21.4 Å². The van der Waals surface area contributed by atoms with Gasteiger partial charge in [0, 0.05) is 9.92 Å². The van der Waals surface area contributed by atoms with Gasteiger partial charge in [0.2, 0.25) is 0 Å². The molecule has 1 aromatic rings. The zero-order valence-corrected chi connectivity index (χ0v) is 8.71. The first kappa shape index (κ1) is 9.75. The maximum atomic E-state index is 5.87. The van der Waals surface area contributed by atoms with Crippen molar-refractivity contribution < 1.29 is 4.74 Å². The van der Waals surface area contributed by atoms with Gasteiger partial charge in [-0.1, -0.05) is 18.5 Å². The molecule has 0 fully saturated rings. The summed E-state index contributed by atoms with van der Waals surface area (Å²) in [6.45, 7) is 2.11. The third-order valence-electron chi connectivity index (χ3n) is 1.39. The lowest BCUT2D eigenvalue weighted by Crippen LogP contribution is -1.83. The maximum absolute atomic E-state index is 5.87. The summed E-state index contributed by atoms with van der Waals surface area (Å²) >= 11 is 7.63. The zero-order valence-electron chi connectivity index (χ0n) is 7.13. The van der Waals surface area contributed by atoms with E-state index < -0.39 is 0 Å². The Balaban J connectivity index is 2.90. The van der Waals surface area contributed by atoms with Crippen LogP contribution in [0.25, 0.3) is 0 Å². The highest BCUT2D eigenvalue weighted by molar-refractivity contribution is 7.99. The van der Waals surface area contributed by atoms with Crippen molar-refractivity contribution in [1.82, 2.24) is 0 Å². The monoisotopic (exact) mass is 202 g/mol. The van der Waals surface area contributed by atoms with Gasteiger partial charge in [0.25, 0.3) is 0 Å². The molecule has 0 amide bonds. The van der Waals surface area contributed by atoms with E-state index in [2.05, 4.69) is 6.92 Å². The van der Waals surface area contributed by atoms with Crippen molar-refractivity contribution in [2.75, 3.05) is 12.9 Å². The van der Waals surface area contributed by atoms with Crippen LogP contribution in [0.3, 0.4) is 0 Å². The van der Waals surface area contributed by atoms with Crippen LogP contribution in [0.4, 0.5) is 0 Å². The molecule has 0 saturated carbocycles. The minimum Gasteiger partial charge on any atom is -0.497 e. The fourth-order valence-electron chi connectivity index (χ4n) is 0.905. The third kappa shape index (κ3) is 2.61. The van der Waals surface area contributed by atoms with Crippen LogP contribution >= 0.6 is 23.4 Å². The molecule has 1 rings (SSSR count). The van der Waals surface area contributed by atoms with E-state index >= 15 is 0 Å². The molecular weight excluding hydrogens is 192 g/mol. The Morgan fingerprint density at radius 1 is 1.42 bits per heavy atom. The van der Waals surface area contributed by atoms with Crippen LogP contribution in [-0.2, 0) is 0 Å². The Bertz CT molecular complexity index is 263. The average molecular weight is 203 g/mol. The Labute approximate surface area is 82.1 Å². The molecule has 0 atom stereocenters. The summed E-state index contributed by atoms with van der Waals surface area (Å²) in [5.41, 5.74) is 0. The molecule has 0 aliphatic rings. The Hall–Kier alpha value is -0.340. The molecule has 0 bridgehead atoms. The number of hydrogen-bond donors (Lipinski definition) is 0. The number of halogens is 1. The fraction of sp³-hybridized carbons (Fsp3) is 0.333. The lowest BCUT2D eigenvalue weighted by atomic mass is 10.3. The Kier molecular flexibility index (Phi) is 3.76. The summed E-state index contributed by atoms with van der Waals surface area (Å²) in [6, 6.07) is 5.74. The quantitative estimate of drug-likeness (QED) is 0.695. The predicted octanol–water partition coefficient (Wildman–Crippen LogP) is 3.46. The summed E-state index contributed by atoms with van der Waals surface area (Å²) < 4.78 is 5.08. The Morgan fingerprint density at radius 3 is 2.75 bits per heavy atom. The summed E-state index contributed by atoms with van der Waals surface area (Å²) in [5, 5.41) is 0.727. The van der Waals surface area contributed by atoms with Crippen LogP contribution in [0.5, 0.6) is 5.75 Å². The topological polar surface area (TPSA) is 9.23 Å². The van der Waals surface area contributed by atoms with E-state index in [9.17, 15) is 0 Å². The number of benzene rings is 1. The molecule has 3 heteroatoms. The molecule has 1 aromatic carbocycles. The van der Waals surface area contributed by atoms with Crippen molar-refractivity contribution in [3.63, 3.8) is 0 Å². The van der Waals surface area contributed by atoms with E-state index in [4.69, 9.17) is 16.3 Å². The van der Waals surface area contributed by atoms with Gasteiger partial charge < -0.3 is 4.74 Å². The molecule has 0 saturated heterocycles. The first-order chi connectivity index (χ1) is 5.76. The molecule has 66 valence electrons. The first-order valence-corrected chi connectivity index (χ1v) is 5.10. The average Bonchev–Trinajstić information content (AvgIpc) is 2.04. The lowest BCUT2D eigenvalue weighted by Gasteiger charge is -2.03. The standard InChI is InChI=1S/C9H11ClOS/c1-3-12-9-5-7(10)4-8(6-9)11-2/h4-6H,3H2,1-2H3. The molecule has 0 unspecified atom stereocenters. The highest BCUT2D eigenvalue weighted by Crippen LogP contribution is 2.27. The fourth-order valence-corrected chi connectivity index (χ4v) is 1.94. The number of methoxy groups -OCH3 is 1. The van der Waals surface area contributed by atoms with Gasteiger partial charge >= 0.3 is 0 Å². The molecule has 0 aromatic heterocycles. The zero-order chi connectivity index (χ0) is 8.97. The van der Waals surface area contributed by atoms with Crippen molar-refractivity contribution in [2.24, 2.45) is 0 Å². The van der Waals surface area contributed by atoms with Gasteiger partial charge in [-0.3, -0.25) is 0 Å². The minimum absolute atomic E-state index is 0.727. The van der Waals surface area contributed by atoms with E-state index in [0.29, 0.717) is 0 Å². The summed E-state index contributed by atoms with van der Waals surface area (Å²) in [7, 11) is 1.64. The van der Waals surface area contributed by atoms with Crippen LogP contribution in [0.2, 0.25) is 5.02 Å². The minimum atomic E-state index is 0.727. The number of ether oxygens (including phenoxy) is 1. The molecule has 0 N–H and O–H groups in total. The van der Waals surface area contributed by atoms with Gasteiger partial charge in [0.05, 0.1) is 7.11 Å². The summed E-state index contributed by atoms with van der Waals surface area (Å²) in [4.78, 5) is 1.15. The number of thioether (sulfide) groups is 1. The lowest BCUT2D eigenvalue weighted by molar-refractivity contribution is 0.413. The molecule has 0 radical (unpaired) electrons. The molecule has 12 heavy (non-hydrogen) atoms. The molecular formula is C9H11ClOS. The van der Waals surface area contributed by atoms with Crippen LogP contribution < -0.4 is 4.74 Å². The highest BCUT2D eigenvalue weighted by atomic mass is 35.5. The predicted molar refractivity (Wildman–Crippen MR) is 54.4 cm³/mol. The van der Waals surface area contributed by atoms with Crippen LogP contribution in [0, 0.1) is 0 Å². The van der Waals surface area contributed by atoms with Crippen molar-refractivity contribution >= 4 is 23.4 Å². The van der Waals surface area contributed by atoms with Gasteiger partial charge in [-0.25, -0.2) is 0 Å². The van der Waals surface area contributed by atoms with Crippen LogP contribution in [-0.4, -0.2) is 12.9 Å². The molecule has 0 spiro atoms. The van der Waals surface area contributed by atoms with Crippen LogP contribution in [0.15, 0.2) is 23.1 Å². The number of hydrogen-bond acceptors (Lipinski definition) is 2. The molecule has 1 nitrogen and oxygen atoms in total. The van der Waals surface area contributed by atoms with Crippen molar-refractivity contribution in [1.29, 1.82) is 0 Å². The van der Waals surface area contributed by atoms with E-state index in [1.165, 1.54) is 0 Å². The second-order valence-corrected chi connectivity index (χ2v) is 4.03. The molecule has 0 aliphatic heterocycles. The SMILES string of the molecule is CCSc1cc(Cl)cc(OC)c1. The summed E-state index contributed by atoms with van der Waals surface area (Å²) in [5.74, 6) is 1.86. The second-order valence-electron chi connectivity index (χ2n) is 2.26. The van der Waals surface area contributed by atoms with Gasteiger partial charge in [0.15, 0.2) is 0 Å². The van der Waals surface area contributed by atoms with Gasteiger partial charge in [-0.15, -0.1) is 11.8 Å². The molecule has 0 heterocycles. The first-order valence-electron chi connectivity index (χ1n) is 3.73. The van der Waals surface area contributed by atoms with Crippen molar-refractivity contribution in [2.45, 2.75) is 11.8 Å². The summed E-state index contributed by atoms with van der Waals surface area (Å²) in [6.07, 6.45) is 0. The normalized spacial score (nSPS) is 9.92. The van der Waals surface area contributed by atoms with E-state index in [1.54, 1.807) is 24.9 Å². The van der Waals surface area contributed by atoms with Crippen molar-refractivity contribution in [3.8, 4) is 5.75 Å². The third-order valence-corrected chi connectivity index (χ3v) is 2.47. The maximum Gasteiger partial charge on any atom is 0.121 e. The van der Waals surface area contributed by atoms with Gasteiger partial charge in [0.1, 0.15) is 5.75 Å². The highest BCUT2D eigenvalue weighted by Gasteiger charge is 1.98. The van der Waals surface area contributed by atoms with E-state index in [1.807, 2.05) is 12.1 Å². The Morgan fingerprint density at radius 2 is 2.17 bits per heavy atom. The smallest absolute Gasteiger partial charge is 0.121 e. The number of rotatable bonds is 3. The van der Waals surface area contributed by atoms with Gasteiger partial charge in [-0.05, 0) is 24.0 Å². The molecule has 0 aliphatic carbocycles. The van der Waals surface area contributed by atoms with Gasteiger partial charge in [-0.2, -0.15) is 0 Å². The van der Waals surface area contributed by atoms with E-state index in [-0.39, 0.29) is 0 Å². The van der Waals surface area contributed by atoms with Crippen LogP contribution in [0.1, 0.15) is 6.92 Å². The van der Waals surface area contributed by atoms with Crippen molar-refractivity contribution in [3.05, 3.63) is 23.2 Å².